The lowest BCUT2D eigenvalue weighted by Gasteiger charge is -2.26. The summed E-state index contributed by atoms with van der Waals surface area (Å²) in [5, 5.41) is 5.91. The van der Waals surface area contributed by atoms with Gasteiger partial charge in [0.2, 0.25) is 5.91 Å². The van der Waals surface area contributed by atoms with E-state index in [-0.39, 0.29) is 11.6 Å². The van der Waals surface area contributed by atoms with Gasteiger partial charge in [-0.2, -0.15) is 0 Å². The predicted octanol–water partition coefficient (Wildman–Crippen LogP) is 2.96. The Hall–Kier alpha value is -2.20. The van der Waals surface area contributed by atoms with Crippen molar-refractivity contribution >= 4 is 11.6 Å². The minimum Gasteiger partial charge on any atom is -0.322 e. The van der Waals surface area contributed by atoms with E-state index >= 15 is 0 Å². The summed E-state index contributed by atoms with van der Waals surface area (Å²) >= 11 is 0. The van der Waals surface area contributed by atoms with E-state index in [9.17, 15) is 9.18 Å². The van der Waals surface area contributed by atoms with Crippen LogP contribution in [-0.2, 0) is 11.2 Å². The van der Waals surface area contributed by atoms with Crippen LogP contribution in [0, 0.1) is 12.7 Å². The first-order valence-electron chi connectivity index (χ1n) is 7.04. The molecule has 0 aliphatic carbocycles. The first kappa shape index (κ1) is 13.8. The normalized spacial score (nSPS) is 17.1. The molecule has 2 aromatic rings. The van der Waals surface area contributed by atoms with Crippen LogP contribution in [0.5, 0.6) is 0 Å². The largest absolute Gasteiger partial charge is 0.322 e. The summed E-state index contributed by atoms with van der Waals surface area (Å²) < 4.78 is 13.8. The molecular formula is C17H17FN2O. The van der Waals surface area contributed by atoms with E-state index in [1.807, 2.05) is 24.3 Å². The van der Waals surface area contributed by atoms with Crippen molar-refractivity contribution in [2.45, 2.75) is 19.4 Å². The fourth-order valence-electron chi connectivity index (χ4n) is 2.72. The molecule has 0 radical (unpaired) electrons. The Morgan fingerprint density at radius 2 is 2.05 bits per heavy atom. The number of nitrogens with one attached hydrogen (secondary N) is 2. The molecule has 1 amide bonds. The van der Waals surface area contributed by atoms with Crippen LogP contribution < -0.4 is 10.6 Å². The molecule has 0 fully saturated rings. The number of para-hydroxylation sites is 1. The van der Waals surface area contributed by atoms with Crippen molar-refractivity contribution in [3.05, 3.63) is 65.0 Å². The maximum Gasteiger partial charge on any atom is 0.246 e. The van der Waals surface area contributed by atoms with Crippen molar-refractivity contribution in [1.82, 2.24) is 5.32 Å². The van der Waals surface area contributed by atoms with Crippen LogP contribution in [0.1, 0.15) is 22.7 Å². The van der Waals surface area contributed by atoms with Gasteiger partial charge in [-0.3, -0.25) is 4.79 Å². The Morgan fingerprint density at radius 1 is 1.24 bits per heavy atom. The number of hydrogen-bond donors (Lipinski definition) is 2. The summed E-state index contributed by atoms with van der Waals surface area (Å²) in [5.74, 6) is -0.636. The molecule has 0 aromatic heterocycles. The summed E-state index contributed by atoms with van der Waals surface area (Å²) in [6.07, 6.45) is 0.901. The van der Waals surface area contributed by atoms with Crippen LogP contribution in [0.2, 0.25) is 0 Å². The van der Waals surface area contributed by atoms with Gasteiger partial charge in [-0.1, -0.05) is 36.4 Å². The molecule has 2 N–H and O–H groups in total. The molecule has 21 heavy (non-hydrogen) atoms. The molecule has 0 bridgehead atoms. The highest BCUT2D eigenvalue weighted by atomic mass is 19.1. The average Bonchev–Trinajstić information content (AvgIpc) is 2.50. The predicted molar refractivity (Wildman–Crippen MR) is 80.7 cm³/mol. The van der Waals surface area contributed by atoms with Crippen LogP contribution in [0.25, 0.3) is 0 Å². The van der Waals surface area contributed by atoms with Gasteiger partial charge in [0.25, 0.3) is 0 Å². The maximum absolute atomic E-state index is 13.8. The third-order valence-corrected chi connectivity index (χ3v) is 3.84. The van der Waals surface area contributed by atoms with Gasteiger partial charge in [0.1, 0.15) is 11.9 Å². The number of benzene rings is 2. The first-order valence-corrected chi connectivity index (χ1v) is 7.04. The van der Waals surface area contributed by atoms with E-state index in [1.54, 1.807) is 19.1 Å². The Bertz CT molecular complexity index is 664. The lowest BCUT2D eigenvalue weighted by molar-refractivity contribution is -0.118. The van der Waals surface area contributed by atoms with E-state index in [4.69, 9.17) is 0 Å². The molecule has 3 rings (SSSR count). The summed E-state index contributed by atoms with van der Waals surface area (Å²) in [6.45, 7) is 2.52. The Kier molecular flexibility index (Phi) is 3.71. The third kappa shape index (κ3) is 2.67. The summed E-state index contributed by atoms with van der Waals surface area (Å²) in [4.78, 5) is 12.5. The maximum atomic E-state index is 13.8. The van der Waals surface area contributed by atoms with Crippen LogP contribution >= 0.6 is 0 Å². The minimum atomic E-state index is -0.436. The fraction of sp³-hybridized carbons (Fsp3) is 0.235. The highest BCUT2D eigenvalue weighted by Gasteiger charge is 2.26. The second kappa shape index (κ2) is 5.66. The molecule has 108 valence electrons. The van der Waals surface area contributed by atoms with Crippen molar-refractivity contribution in [2.24, 2.45) is 0 Å². The monoisotopic (exact) mass is 284 g/mol. The van der Waals surface area contributed by atoms with Crippen LogP contribution in [0.3, 0.4) is 0 Å². The van der Waals surface area contributed by atoms with Crippen molar-refractivity contribution in [1.29, 1.82) is 0 Å². The van der Waals surface area contributed by atoms with Crippen LogP contribution in [0.4, 0.5) is 10.1 Å². The number of carbonyl (C=O) groups excluding carboxylic acids is 1. The van der Waals surface area contributed by atoms with Gasteiger partial charge in [-0.05, 0) is 36.1 Å². The lowest BCUT2D eigenvalue weighted by Crippen LogP contribution is -2.38. The van der Waals surface area contributed by atoms with Gasteiger partial charge in [0.15, 0.2) is 0 Å². The quantitative estimate of drug-likeness (QED) is 0.890. The van der Waals surface area contributed by atoms with Gasteiger partial charge in [-0.25, -0.2) is 4.39 Å². The summed E-state index contributed by atoms with van der Waals surface area (Å²) in [5.41, 5.74) is 3.11. The number of hydrogen-bond acceptors (Lipinski definition) is 2. The first-order chi connectivity index (χ1) is 10.2. The highest BCUT2D eigenvalue weighted by molar-refractivity contribution is 5.96. The molecular weight excluding hydrogens is 267 g/mol. The Labute approximate surface area is 123 Å². The molecule has 3 nitrogen and oxygen atoms in total. The Balaban J connectivity index is 1.87. The molecule has 1 aliphatic heterocycles. The number of amides is 1. The molecule has 1 unspecified atom stereocenters. The molecule has 0 spiro atoms. The second-order valence-corrected chi connectivity index (χ2v) is 5.26. The van der Waals surface area contributed by atoms with Gasteiger partial charge < -0.3 is 10.6 Å². The molecule has 2 aromatic carbocycles. The smallest absolute Gasteiger partial charge is 0.246 e. The van der Waals surface area contributed by atoms with E-state index < -0.39 is 11.9 Å². The number of carbonyl (C=O) groups is 1. The third-order valence-electron chi connectivity index (χ3n) is 3.84. The van der Waals surface area contributed by atoms with Crippen LogP contribution in [0.15, 0.2) is 42.5 Å². The average molecular weight is 284 g/mol. The molecule has 1 atom stereocenters. The van der Waals surface area contributed by atoms with E-state index in [2.05, 4.69) is 10.6 Å². The number of halogens is 1. The topological polar surface area (TPSA) is 41.1 Å². The standard InChI is InChI=1S/C17H17FN2O/c1-11-5-4-8-14(18)15(11)20-17(21)16-13-7-3-2-6-12(13)9-10-19-16/h2-8,16,19H,9-10H2,1H3,(H,20,21). The second-order valence-electron chi connectivity index (χ2n) is 5.26. The zero-order valence-corrected chi connectivity index (χ0v) is 11.8. The van der Waals surface area contributed by atoms with Crippen molar-refractivity contribution in [3.8, 4) is 0 Å². The zero-order chi connectivity index (χ0) is 14.8. The van der Waals surface area contributed by atoms with Gasteiger partial charge >= 0.3 is 0 Å². The molecule has 1 aliphatic rings. The SMILES string of the molecule is Cc1cccc(F)c1NC(=O)C1NCCc2ccccc21. The van der Waals surface area contributed by atoms with Crippen molar-refractivity contribution in [3.63, 3.8) is 0 Å². The molecule has 0 saturated carbocycles. The molecule has 0 saturated heterocycles. The minimum absolute atomic E-state index is 0.227. The van der Waals surface area contributed by atoms with Crippen molar-refractivity contribution in [2.75, 3.05) is 11.9 Å². The molecule has 1 heterocycles. The van der Waals surface area contributed by atoms with E-state index in [0.29, 0.717) is 5.56 Å². The number of aryl methyl sites for hydroxylation is 1. The number of anilines is 1. The van der Waals surface area contributed by atoms with Crippen LogP contribution in [-0.4, -0.2) is 12.5 Å². The fourth-order valence-corrected chi connectivity index (χ4v) is 2.72. The molecule has 4 heteroatoms. The van der Waals surface area contributed by atoms with E-state index in [1.165, 1.54) is 11.6 Å². The van der Waals surface area contributed by atoms with E-state index in [0.717, 1.165) is 18.5 Å². The highest BCUT2D eigenvalue weighted by Crippen LogP contribution is 2.25. The lowest BCUT2D eigenvalue weighted by atomic mass is 9.94. The van der Waals surface area contributed by atoms with Gasteiger partial charge in [0, 0.05) is 6.54 Å². The number of fused-ring (bicyclic) bond motifs is 1. The van der Waals surface area contributed by atoms with Gasteiger partial charge in [0.05, 0.1) is 5.69 Å². The zero-order valence-electron chi connectivity index (χ0n) is 11.8. The van der Waals surface area contributed by atoms with Crippen molar-refractivity contribution < 1.29 is 9.18 Å². The summed E-state index contributed by atoms with van der Waals surface area (Å²) in [7, 11) is 0. The van der Waals surface area contributed by atoms with Gasteiger partial charge in [-0.15, -0.1) is 0 Å². The summed E-state index contributed by atoms with van der Waals surface area (Å²) in [6, 6.07) is 12.2. The Morgan fingerprint density at radius 3 is 2.86 bits per heavy atom. The number of rotatable bonds is 2.